The molecule has 1 aromatic carbocycles. The van der Waals surface area contributed by atoms with Crippen LogP contribution < -0.4 is 16.6 Å². The maximum atomic E-state index is 12.6. The van der Waals surface area contributed by atoms with Crippen LogP contribution in [0.3, 0.4) is 0 Å². The van der Waals surface area contributed by atoms with Crippen LogP contribution >= 0.6 is 11.3 Å². The van der Waals surface area contributed by atoms with Crippen LogP contribution in [-0.4, -0.2) is 22.1 Å². The van der Waals surface area contributed by atoms with E-state index in [1.165, 1.54) is 22.5 Å². The van der Waals surface area contributed by atoms with Gasteiger partial charge in [0, 0.05) is 17.0 Å². The normalized spacial score (nSPS) is 14.0. The average molecular weight is 340 g/mol. The van der Waals surface area contributed by atoms with E-state index in [9.17, 15) is 9.59 Å². The molecular formula is C17H16N4O2S. The van der Waals surface area contributed by atoms with Gasteiger partial charge >= 0.3 is 0 Å². The number of aryl methyl sites for hydroxylation is 1. The standard InChI is InChI=1S/C17H16N4O2S/c1-8-12-13(18)14(24-17(12)21-20-15(8)22)16(23)19-11-6-9-4-2-3-5-10(9)7-11/h2-5,11H,6-7,18H2,1H3,(H,19,23)(H,20,22). The summed E-state index contributed by atoms with van der Waals surface area (Å²) in [6.45, 7) is 1.68. The van der Waals surface area contributed by atoms with Crippen LogP contribution in [0, 0.1) is 6.92 Å². The maximum absolute atomic E-state index is 12.6. The second-order valence-corrected chi connectivity index (χ2v) is 7.05. The number of amides is 1. The molecule has 0 radical (unpaired) electrons. The molecule has 7 heteroatoms. The zero-order valence-electron chi connectivity index (χ0n) is 13.1. The van der Waals surface area contributed by atoms with Crippen molar-refractivity contribution in [2.45, 2.75) is 25.8 Å². The Balaban J connectivity index is 1.62. The number of hydrogen-bond donors (Lipinski definition) is 3. The quantitative estimate of drug-likeness (QED) is 0.662. The highest BCUT2D eigenvalue weighted by atomic mass is 32.1. The van der Waals surface area contributed by atoms with Gasteiger partial charge in [0.15, 0.2) is 0 Å². The first kappa shape index (κ1) is 14.9. The van der Waals surface area contributed by atoms with Crippen molar-refractivity contribution in [2.24, 2.45) is 0 Å². The van der Waals surface area contributed by atoms with Crippen molar-refractivity contribution in [3.8, 4) is 0 Å². The summed E-state index contributed by atoms with van der Waals surface area (Å²) in [5.41, 5.74) is 9.20. The molecule has 0 fully saturated rings. The zero-order chi connectivity index (χ0) is 16.8. The van der Waals surface area contributed by atoms with E-state index in [0.29, 0.717) is 26.3 Å². The number of carbonyl (C=O) groups is 1. The van der Waals surface area contributed by atoms with Gasteiger partial charge in [-0.3, -0.25) is 9.59 Å². The molecule has 0 saturated carbocycles. The Labute approximate surface area is 141 Å². The number of nitrogens with two attached hydrogens (primary N) is 1. The van der Waals surface area contributed by atoms with E-state index < -0.39 is 0 Å². The molecule has 1 amide bonds. The van der Waals surface area contributed by atoms with Crippen LogP contribution in [0.2, 0.25) is 0 Å². The molecule has 24 heavy (non-hydrogen) atoms. The van der Waals surface area contributed by atoms with Crippen molar-refractivity contribution >= 4 is 33.1 Å². The van der Waals surface area contributed by atoms with Gasteiger partial charge in [0.25, 0.3) is 11.5 Å². The lowest BCUT2D eigenvalue weighted by atomic mass is 10.1. The number of aromatic amines is 1. The molecule has 1 aliphatic rings. The summed E-state index contributed by atoms with van der Waals surface area (Å²) in [7, 11) is 0. The molecule has 0 bridgehead atoms. The average Bonchev–Trinajstić information content (AvgIpc) is 3.11. The molecule has 0 unspecified atom stereocenters. The van der Waals surface area contributed by atoms with Crippen molar-refractivity contribution in [2.75, 3.05) is 5.73 Å². The SMILES string of the molecule is Cc1c(=O)[nH]nc2sc(C(=O)NC3Cc4ccccc4C3)c(N)c12. The maximum Gasteiger partial charge on any atom is 0.267 e. The van der Waals surface area contributed by atoms with Crippen LogP contribution in [0.25, 0.3) is 10.2 Å². The Kier molecular flexibility index (Phi) is 3.38. The summed E-state index contributed by atoms with van der Waals surface area (Å²) < 4.78 is 0. The lowest BCUT2D eigenvalue weighted by Gasteiger charge is -2.11. The van der Waals surface area contributed by atoms with Gasteiger partial charge < -0.3 is 11.1 Å². The Morgan fingerprint density at radius 3 is 2.67 bits per heavy atom. The number of thiophene rings is 1. The molecule has 0 spiro atoms. The zero-order valence-corrected chi connectivity index (χ0v) is 13.9. The van der Waals surface area contributed by atoms with Gasteiger partial charge in [0.2, 0.25) is 0 Å². The van der Waals surface area contributed by atoms with Gasteiger partial charge in [-0.15, -0.1) is 11.3 Å². The number of nitrogens with one attached hydrogen (secondary N) is 2. The van der Waals surface area contributed by atoms with Gasteiger partial charge in [-0.05, 0) is 30.9 Å². The minimum Gasteiger partial charge on any atom is -0.397 e. The second-order valence-electron chi connectivity index (χ2n) is 6.05. The summed E-state index contributed by atoms with van der Waals surface area (Å²) in [6, 6.07) is 8.27. The van der Waals surface area contributed by atoms with Gasteiger partial charge in [0.05, 0.1) is 5.69 Å². The van der Waals surface area contributed by atoms with Gasteiger partial charge in [-0.25, -0.2) is 5.10 Å². The van der Waals surface area contributed by atoms with Crippen LogP contribution in [-0.2, 0) is 12.8 Å². The summed E-state index contributed by atoms with van der Waals surface area (Å²) in [5, 5.41) is 10.0. The summed E-state index contributed by atoms with van der Waals surface area (Å²) in [5.74, 6) is -0.208. The van der Waals surface area contributed by atoms with Crippen molar-refractivity contribution in [3.05, 3.63) is 56.2 Å². The first-order chi connectivity index (χ1) is 11.5. The molecule has 4 N–H and O–H groups in total. The third kappa shape index (κ3) is 2.28. The van der Waals surface area contributed by atoms with Crippen LogP contribution in [0.4, 0.5) is 5.69 Å². The van der Waals surface area contributed by atoms with Gasteiger partial charge in [-0.1, -0.05) is 24.3 Å². The Hall–Kier alpha value is -2.67. The van der Waals surface area contributed by atoms with E-state index in [1.807, 2.05) is 12.1 Å². The summed E-state index contributed by atoms with van der Waals surface area (Å²) in [4.78, 5) is 25.3. The topological polar surface area (TPSA) is 101 Å². The number of anilines is 1. The van der Waals surface area contributed by atoms with E-state index in [-0.39, 0.29) is 17.5 Å². The molecule has 0 saturated heterocycles. The first-order valence-electron chi connectivity index (χ1n) is 7.69. The highest BCUT2D eigenvalue weighted by Crippen LogP contribution is 2.33. The number of nitrogens with zero attached hydrogens (tertiary/aromatic N) is 1. The monoisotopic (exact) mass is 340 g/mol. The number of aromatic nitrogens is 2. The number of H-pyrrole nitrogens is 1. The fourth-order valence-electron chi connectivity index (χ4n) is 3.25. The van der Waals surface area contributed by atoms with Crippen LogP contribution in [0.15, 0.2) is 29.1 Å². The minimum atomic E-state index is -0.287. The van der Waals surface area contributed by atoms with Crippen molar-refractivity contribution in [1.82, 2.24) is 15.5 Å². The van der Waals surface area contributed by atoms with Gasteiger partial charge in [-0.2, -0.15) is 5.10 Å². The third-order valence-electron chi connectivity index (χ3n) is 4.49. The van der Waals surface area contributed by atoms with E-state index in [1.54, 1.807) is 6.92 Å². The van der Waals surface area contributed by atoms with Gasteiger partial charge in [0.1, 0.15) is 9.71 Å². The van der Waals surface area contributed by atoms with Crippen LogP contribution in [0.1, 0.15) is 26.4 Å². The van der Waals surface area contributed by atoms with E-state index in [4.69, 9.17) is 5.73 Å². The molecule has 2 heterocycles. The molecule has 2 aromatic heterocycles. The second kappa shape index (κ2) is 5.45. The van der Waals surface area contributed by atoms with Crippen molar-refractivity contribution in [3.63, 3.8) is 0 Å². The Morgan fingerprint density at radius 1 is 1.33 bits per heavy atom. The smallest absolute Gasteiger partial charge is 0.267 e. The van der Waals surface area contributed by atoms with E-state index in [2.05, 4.69) is 27.6 Å². The molecule has 6 nitrogen and oxygen atoms in total. The van der Waals surface area contributed by atoms with Crippen molar-refractivity contribution < 1.29 is 4.79 Å². The number of nitrogen functional groups attached to an aromatic ring is 1. The molecule has 3 aromatic rings. The van der Waals surface area contributed by atoms with E-state index in [0.717, 1.165) is 12.8 Å². The molecule has 0 atom stereocenters. The Bertz CT molecular complexity index is 996. The molecule has 122 valence electrons. The minimum absolute atomic E-state index is 0.0650. The van der Waals surface area contributed by atoms with Crippen LogP contribution in [0.5, 0.6) is 0 Å². The largest absolute Gasteiger partial charge is 0.397 e. The number of rotatable bonds is 2. The molecule has 0 aliphatic heterocycles. The number of carbonyl (C=O) groups excluding carboxylic acids is 1. The predicted molar refractivity (Wildman–Crippen MR) is 94.5 cm³/mol. The van der Waals surface area contributed by atoms with Crippen molar-refractivity contribution in [1.29, 1.82) is 0 Å². The Morgan fingerprint density at radius 2 is 2.00 bits per heavy atom. The molecule has 4 rings (SSSR count). The number of benzene rings is 1. The highest BCUT2D eigenvalue weighted by molar-refractivity contribution is 7.21. The fourth-order valence-corrected chi connectivity index (χ4v) is 4.27. The number of hydrogen-bond acceptors (Lipinski definition) is 5. The molecular weight excluding hydrogens is 324 g/mol. The lowest BCUT2D eigenvalue weighted by molar-refractivity contribution is 0.0943. The number of fused-ring (bicyclic) bond motifs is 2. The first-order valence-corrected chi connectivity index (χ1v) is 8.51. The molecule has 1 aliphatic carbocycles. The summed E-state index contributed by atoms with van der Waals surface area (Å²) in [6.07, 6.45) is 1.64. The lowest BCUT2D eigenvalue weighted by Crippen LogP contribution is -2.35. The predicted octanol–water partition coefficient (Wildman–Crippen LogP) is 1.77. The third-order valence-corrected chi connectivity index (χ3v) is 5.59. The van der Waals surface area contributed by atoms with E-state index >= 15 is 0 Å². The highest BCUT2D eigenvalue weighted by Gasteiger charge is 2.25. The summed E-state index contributed by atoms with van der Waals surface area (Å²) >= 11 is 1.20. The fraction of sp³-hybridized carbons (Fsp3) is 0.235.